The normalized spacial score (nSPS) is 18.4. The number of carbonyl (C=O) groups is 1. The first-order valence-corrected chi connectivity index (χ1v) is 6.83. The highest BCUT2D eigenvalue weighted by Crippen LogP contribution is 2.19. The molecule has 0 unspecified atom stereocenters. The van der Waals surface area contributed by atoms with Gasteiger partial charge < -0.3 is 0 Å². The van der Waals surface area contributed by atoms with Gasteiger partial charge in [0.05, 0.1) is 5.69 Å². The lowest BCUT2D eigenvalue weighted by Crippen LogP contribution is -2.35. The van der Waals surface area contributed by atoms with Crippen molar-refractivity contribution in [1.29, 1.82) is 0 Å². The summed E-state index contributed by atoms with van der Waals surface area (Å²) in [6.07, 6.45) is 4.04. The van der Waals surface area contributed by atoms with Gasteiger partial charge in [-0.15, -0.1) is 0 Å². The third-order valence-electron chi connectivity index (χ3n) is 3.74. The van der Waals surface area contributed by atoms with Gasteiger partial charge in [0.2, 0.25) is 0 Å². The highest BCUT2D eigenvalue weighted by Gasteiger charge is 2.22. The first-order chi connectivity index (χ1) is 8.56. The highest BCUT2D eigenvalue weighted by molar-refractivity contribution is 5.78. The molecule has 4 heteroatoms. The average Bonchev–Trinajstić information content (AvgIpc) is 2.78. The summed E-state index contributed by atoms with van der Waals surface area (Å²) in [4.78, 5) is 13.7. The van der Waals surface area contributed by atoms with Crippen LogP contribution in [-0.4, -0.2) is 33.6 Å². The van der Waals surface area contributed by atoms with Gasteiger partial charge in [-0.1, -0.05) is 0 Å². The number of aromatic nitrogens is 2. The van der Waals surface area contributed by atoms with Gasteiger partial charge in [-0.25, -0.2) is 0 Å². The maximum atomic E-state index is 11.3. The van der Waals surface area contributed by atoms with E-state index in [9.17, 15) is 4.79 Å². The van der Waals surface area contributed by atoms with Crippen LogP contribution in [0, 0.1) is 5.92 Å². The quantitative estimate of drug-likeness (QED) is 0.821. The van der Waals surface area contributed by atoms with Crippen LogP contribution in [0.2, 0.25) is 0 Å². The molecule has 1 aliphatic heterocycles. The van der Waals surface area contributed by atoms with Crippen LogP contribution >= 0.6 is 0 Å². The summed E-state index contributed by atoms with van der Waals surface area (Å²) in [6.45, 7) is 8.91. The fourth-order valence-corrected chi connectivity index (χ4v) is 2.48. The highest BCUT2D eigenvalue weighted by atomic mass is 16.1. The Labute approximate surface area is 109 Å². The van der Waals surface area contributed by atoms with Crippen LogP contribution in [0.4, 0.5) is 0 Å². The van der Waals surface area contributed by atoms with Crippen molar-refractivity contribution >= 4 is 5.78 Å². The average molecular weight is 249 g/mol. The van der Waals surface area contributed by atoms with Crippen LogP contribution in [0.5, 0.6) is 0 Å². The Morgan fingerprint density at radius 2 is 2.11 bits per heavy atom. The van der Waals surface area contributed by atoms with Gasteiger partial charge in [0.15, 0.2) is 0 Å². The molecule has 1 fully saturated rings. The van der Waals surface area contributed by atoms with E-state index >= 15 is 0 Å². The molecular weight excluding hydrogens is 226 g/mol. The van der Waals surface area contributed by atoms with Gasteiger partial charge >= 0.3 is 0 Å². The zero-order valence-corrected chi connectivity index (χ0v) is 11.6. The van der Waals surface area contributed by atoms with E-state index in [1.165, 1.54) is 0 Å². The second kappa shape index (κ2) is 5.65. The van der Waals surface area contributed by atoms with E-state index in [0.717, 1.165) is 38.2 Å². The zero-order chi connectivity index (χ0) is 13.1. The van der Waals surface area contributed by atoms with Crippen LogP contribution < -0.4 is 0 Å². The van der Waals surface area contributed by atoms with Gasteiger partial charge in [-0.3, -0.25) is 14.4 Å². The molecule has 0 spiro atoms. The molecule has 18 heavy (non-hydrogen) atoms. The lowest BCUT2D eigenvalue weighted by molar-refractivity contribution is -0.122. The molecule has 0 saturated carbocycles. The Bertz CT molecular complexity index is 403. The smallest absolute Gasteiger partial charge is 0.133 e. The summed E-state index contributed by atoms with van der Waals surface area (Å²) in [6, 6.07) is 2.51. The Balaban J connectivity index is 1.85. The molecule has 2 heterocycles. The summed E-state index contributed by atoms with van der Waals surface area (Å²) in [5, 5.41) is 4.57. The fraction of sp³-hybridized carbons (Fsp3) is 0.714. The number of carbonyl (C=O) groups excluding carboxylic acids is 1. The van der Waals surface area contributed by atoms with Crippen molar-refractivity contribution in [2.24, 2.45) is 5.92 Å². The lowest BCUT2D eigenvalue weighted by Gasteiger charge is -2.30. The van der Waals surface area contributed by atoms with Crippen LogP contribution in [0.25, 0.3) is 0 Å². The van der Waals surface area contributed by atoms with Gasteiger partial charge in [-0.2, -0.15) is 5.10 Å². The van der Waals surface area contributed by atoms with Crippen molar-refractivity contribution in [3.05, 3.63) is 18.0 Å². The first-order valence-electron chi connectivity index (χ1n) is 6.83. The topological polar surface area (TPSA) is 38.1 Å². The van der Waals surface area contributed by atoms with E-state index < -0.39 is 0 Å². The molecular formula is C14H23N3O. The number of hydrogen-bond acceptors (Lipinski definition) is 3. The molecule has 0 atom stereocenters. The predicted octanol–water partition coefficient (Wildman–Crippen LogP) is 2.27. The van der Waals surface area contributed by atoms with Crippen molar-refractivity contribution < 1.29 is 4.79 Å². The first kappa shape index (κ1) is 13.3. The number of likely N-dealkylation sites (tertiary alicyclic amines) is 1. The summed E-state index contributed by atoms with van der Waals surface area (Å²) in [7, 11) is 0. The van der Waals surface area contributed by atoms with E-state index in [1.807, 2.05) is 10.9 Å². The van der Waals surface area contributed by atoms with E-state index in [4.69, 9.17) is 0 Å². The Morgan fingerprint density at radius 3 is 2.61 bits per heavy atom. The van der Waals surface area contributed by atoms with Gasteiger partial charge in [0, 0.05) is 24.7 Å². The SMILES string of the molecule is CC(=O)C1CCN(Cc2ccn(C(C)C)n2)CC1. The molecule has 1 aliphatic rings. The second-order valence-electron chi connectivity index (χ2n) is 5.54. The van der Waals surface area contributed by atoms with Crippen LogP contribution in [0.15, 0.2) is 12.3 Å². The third-order valence-corrected chi connectivity index (χ3v) is 3.74. The number of ketones is 1. The van der Waals surface area contributed by atoms with E-state index in [-0.39, 0.29) is 5.92 Å². The van der Waals surface area contributed by atoms with Crippen molar-refractivity contribution in [2.75, 3.05) is 13.1 Å². The van der Waals surface area contributed by atoms with Crippen molar-refractivity contribution in [3.8, 4) is 0 Å². The Hall–Kier alpha value is -1.16. The molecule has 4 nitrogen and oxygen atoms in total. The minimum Gasteiger partial charge on any atom is -0.300 e. The second-order valence-corrected chi connectivity index (χ2v) is 5.54. The summed E-state index contributed by atoms with van der Waals surface area (Å²) in [5.74, 6) is 0.633. The Morgan fingerprint density at radius 1 is 1.44 bits per heavy atom. The van der Waals surface area contributed by atoms with Crippen LogP contribution in [0.1, 0.15) is 45.3 Å². The van der Waals surface area contributed by atoms with Crippen molar-refractivity contribution in [1.82, 2.24) is 14.7 Å². The number of hydrogen-bond donors (Lipinski definition) is 0. The molecule has 100 valence electrons. The van der Waals surface area contributed by atoms with Crippen molar-refractivity contribution in [3.63, 3.8) is 0 Å². The maximum Gasteiger partial charge on any atom is 0.133 e. The summed E-state index contributed by atoms with van der Waals surface area (Å²) in [5.41, 5.74) is 1.13. The number of Topliss-reactive ketones (excluding diaryl/α,β-unsaturated/α-hetero) is 1. The van der Waals surface area contributed by atoms with Gasteiger partial charge in [0.1, 0.15) is 5.78 Å². The number of nitrogens with zero attached hydrogens (tertiary/aromatic N) is 3. The largest absolute Gasteiger partial charge is 0.300 e. The number of rotatable bonds is 4. The fourth-order valence-electron chi connectivity index (χ4n) is 2.48. The monoisotopic (exact) mass is 249 g/mol. The third kappa shape index (κ3) is 3.19. The molecule has 2 rings (SSSR count). The molecule has 0 bridgehead atoms. The predicted molar refractivity (Wildman–Crippen MR) is 71.3 cm³/mol. The minimum absolute atomic E-state index is 0.287. The summed E-state index contributed by atoms with van der Waals surface area (Å²) < 4.78 is 2.00. The van der Waals surface area contributed by atoms with E-state index in [1.54, 1.807) is 6.92 Å². The Kier molecular flexibility index (Phi) is 4.17. The van der Waals surface area contributed by atoms with Crippen molar-refractivity contribution in [2.45, 2.75) is 46.2 Å². The zero-order valence-electron chi connectivity index (χ0n) is 11.6. The summed E-state index contributed by atoms with van der Waals surface area (Å²) >= 11 is 0. The van der Waals surface area contributed by atoms with Gasteiger partial charge in [0.25, 0.3) is 0 Å². The molecule has 0 radical (unpaired) electrons. The molecule has 0 aromatic carbocycles. The molecule has 0 N–H and O–H groups in total. The standard InChI is InChI=1S/C14H23N3O/c1-11(2)17-9-6-14(15-17)10-16-7-4-13(5-8-16)12(3)18/h6,9,11,13H,4-5,7-8,10H2,1-3H3. The molecule has 1 aromatic rings. The molecule has 0 amide bonds. The number of piperidine rings is 1. The van der Waals surface area contributed by atoms with E-state index in [0.29, 0.717) is 11.8 Å². The molecule has 1 saturated heterocycles. The lowest BCUT2D eigenvalue weighted by atomic mass is 9.93. The molecule has 0 aliphatic carbocycles. The van der Waals surface area contributed by atoms with E-state index in [2.05, 4.69) is 29.9 Å². The maximum absolute atomic E-state index is 11.3. The van der Waals surface area contributed by atoms with Crippen LogP contribution in [0.3, 0.4) is 0 Å². The minimum atomic E-state index is 0.287. The van der Waals surface area contributed by atoms with Crippen LogP contribution in [-0.2, 0) is 11.3 Å². The molecule has 1 aromatic heterocycles. The van der Waals surface area contributed by atoms with Gasteiger partial charge in [-0.05, 0) is 52.8 Å².